The normalized spacial score (nSPS) is 11.7. The maximum atomic E-state index is 13.4. The van der Waals surface area contributed by atoms with Gasteiger partial charge in [-0.3, -0.25) is 4.55 Å². The number of aryl methyl sites for hydroxylation is 1. The first kappa shape index (κ1) is 69.3. The molecule has 2 rings (SSSR count). The van der Waals surface area contributed by atoms with Crippen LogP contribution in [0.1, 0.15) is 365 Å². The van der Waals surface area contributed by atoms with Gasteiger partial charge in [-0.05, 0) is 60.6 Å². The highest BCUT2D eigenvalue weighted by Gasteiger charge is 2.25. The van der Waals surface area contributed by atoms with Crippen LogP contribution in [0.4, 0.5) is 0 Å². The molecule has 0 aliphatic heterocycles. The molecule has 0 aromatic heterocycles. The molecule has 426 valence electrons. The van der Waals surface area contributed by atoms with E-state index in [4.69, 9.17) is 4.79 Å². The van der Waals surface area contributed by atoms with Gasteiger partial charge in [0, 0.05) is 5.39 Å². The Morgan fingerprint density at radius 2 is 0.479 bits per heavy atom. The van der Waals surface area contributed by atoms with Crippen LogP contribution in [-0.4, -0.2) is 19.8 Å². The molecule has 0 saturated heterocycles. The van der Waals surface area contributed by atoms with Crippen molar-refractivity contribution in [3.8, 4) is 0 Å². The van der Waals surface area contributed by atoms with E-state index in [0.29, 0.717) is 0 Å². The second-order valence-corrected chi connectivity index (χ2v) is 24.4. The van der Waals surface area contributed by atoms with E-state index in [-0.39, 0.29) is 4.90 Å². The van der Waals surface area contributed by atoms with Crippen molar-refractivity contribution in [2.24, 2.45) is 0 Å². The summed E-state index contributed by atoms with van der Waals surface area (Å²) in [6, 6.07) is 8.15. The molecule has 0 aliphatic rings. The van der Waals surface area contributed by atoms with Gasteiger partial charge >= 0.3 is 0 Å². The number of rotatable bonds is 55. The Bertz CT molecular complexity index is 1580. The Kier molecular flexibility index (Phi) is 49.7. The summed E-state index contributed by atoms with van der Waals surface area (Å²) < 4.78 is 37.8. The lowest BCUT2D eigenvalue weighted by molar-refractivity contribution is -0.0980. The maximum absolute atomic E-state index is 13.4. The van der Waals surface area contributed by atoms with E-state index in [1.54, 1.807) is 0 Å². The molecule has 0 radical (unpaired) electrons. The molecule has 2 aromatic carbocycles. The molecule has 4 nitrogen and oxygen atoms in total. The van der Waals surface area contributed by atoms with Crippen molar-refractivity contribution in [2.45, 2.75) is 372 Å². The molecule has 0 fully saturated rings. The number of hydrogen-bond donors (Lipinski definition) is 1. The van der Waals surface area contributed by atoms with Crippen LogP contribution in [0.3, 0.4) is 0 Å². The third kappa shape index (κ3) is 38.5. The maximum Gasteiger partial charge on any atom is 0.295 e. The highest BCUT2D eigenvalue weighted by Crippen LogP contribution is 2.37. The summed E-state index contributed by atoms with van der Waals surface area (Å²) in [4.78, 5) is 8.22. The number of carbonyl (C=O) groups excluding carboxylic acids is 1. The first-order chi connectivity index (χ1) is 36.0. The van der Waals surface area contributed by atoms with E-state index >= 15 is 0 Å². The zero-order valence-corrected chi connectivity index (χ0v) is 50.1. The molecule has 0 saturated carbocycles. The molecule has 0 heterocycles. The summed E-state index contributed by atoms with van der Waals surface area (Å²) in [5.74, 6) is 0. The van der Waals surface area contributed by atoms with E-state index in [9.17, 15) is 13.0 Å². The van der Waals surface area contributed by atoms with Crippen LogP contribution in [0.2, 0.25) is 0 Å². The molecule has 0 bridgehead atoms. The summed E-state index contributed by atoms with van der Waals surface area (Å²) in [6.07, 6.45) is 71.8. The van der Waals surface area contributed by atoms with Crippen molar-refractivity contribution < 1.29 is 17.8 Å². The fourth-order valence-corrected chi connectivity index (χ4v) is 12.8. The summed E-state index contributed by atoms with van der Waals surface area (Å²) in [6.45, 7) is 8.90. The molecule has 2 aromatic rings. The largest absolute Gasteiger partial charge is 0.307 e. The minimum Gasteiger partial charge on any atom is -0.307 e. The van der Waals surface area contributed by atoms with Crippen molar-refractivity contribution >= 4 is 27.7 Å². The first-order valence-electron chi connectivity index (χ1n) is 32.8. The molecular formula is C68H124O4S. The number of benzene rings is 2. The fraction of sp³-hybridized carbons (Fsp3) is 0.838. The SMILES string of the molecule is C=O.CCCCCCCCCCCCCCCCCCCc1c(CCCCCCCCCCCCCCCCCCC)c(S(=O)(=O)O)c2ccccc2c1CCCCCCCCCCCCCCCCCCC. The number of hydrogen-bond acceptors (Lipinski definition) is 3. The van der Waals surface area contributed by atoms with Crippen molar-refractivity contribution in [3.63, 3.8) is 0 Å². The van der Waals surface area contributed by atoms with E-state index in [1.807, 2.05) is 18.9 Å². The second-order valence-electron chi connectivity index (χ2n) is 23.0. The Morgan fingerprint density at radius 3 is 0.712 bits per heavy atom. The molecule has 5 heteroatoms. The zero-order chi connectivity index (χ0) is 53.0. The third-order valence-electron chi connectivity index (χ3n) is 16.3. The van der Waals surface area contributed by atoms with Crippen LogP contribution in [0.25, 0.3) is 10.8 Å². The Labute approximate surface area is 456 Å². The molecule has 1 N–H and O–H groups in total. The van der Waals surface area contributed by atoms with Gasteiger partial charge in [-0.15, -0.1) is 0 Å². The number of fused-ring (bicyclic) bond motifs is 1. The number of carbonyl (C=O) groups is 1. The van der Waals surface area contributed by atoms with Crippen LogP contribution < -0.4 is 0 Å². The average Bonchev–Trinajstić information content (AvgIpc) is 3.39. The van der Waals surface area contributed by atoms with Gasteiger partial charge in [0.25, 0.3) is 10.1 Å². The van der Waals surface area contributed by atoms with Gasteiger partial charge in [-0.1, -0.05) is 353 Å². The molecule has 73 heavy (non-hydrogen) atoms. The monoisotopic (exact) mass is 1040 g/mol. The van der Waals surface area contributed by atoms with Crippen LogP contribution in [0.15, 0.2) is 29.2 Å². The smallest absolute Gasteiger partial charge is 0.295 e. The molecule has 0 spiro atoms. The Balaban J connectivity index is 0.0000131. The van der Waals surface area contributed by atoms with Gasteiger partial charge in [-0.25, -0.2) is 0 Å². The Hall–Kier alpha value is -1.72. The van der Waals surface area contributed by atoms with Gasteiger partial charge in [-0.2, -0.15) is 8.42 Å². The zero-order valence-electron chi connectivity index (χ0n) is 49.3. The van der Waals surface area contributed by atoms with Crippen LogP contribution in [-0.2, 0) is 34.2 Å². The minimum absolute atomic E-state index is 0.220. The molecule has 0 aliphatic carbocycles. The van der Waals surface area contributed by atoms with E-state index in [2.05, 4.69) is 32.9 Å². The third-order valence-corrected chi connectivity index (χ3v) is 17.3. The highest BCUT2D eigenvalue weighted by atomic mass is 32.2. The van der Waals surface area contributed by atoms with Crippen LogP contribution in [0, 0.1) is 0 Å². The van der Waals surface area contributed by atoms with Gasteiger partial charge in [0.15, 0.2) is 0 Å². The van der Waals surface area contributed by atoms with E-state index < -0.39 is 10.1 Å². The van der Waals surface area contributed by atoms with Crippen LogP contribution in [0.5, 0.6) is 0 Å². The predicted octanol–water partition coefficient (Wildman–Crippen LogP) is 23.5. The molecule has 0 unspecified atom stereocenters. The van der Waals surface area contributed by atoms with E-state index in [1.165, 1.54) is 313 Å². The summed E-state index contributed by atoms with van der Waals surface area (Å²) in [5, 5.41) is 1.80. The van der Waals surface area contributed by atoms with E-state index in [0.717, 1.165) is 61.3 Å². The van der Waals surface area contributed by atoms with Gasteiger partial charge in [0.05, 0.1) is 0 Å². The lowest BCUT2D eigenvalue weighted by atomic mass is 9.86. The topological polar surface area (TPSA) is 71.4 Å². The molecule has 0 atom stereocenters. The van der Waals surface area contributed by atoms with Crippen molar-refractivity contribution in [2.75, 3.05) is 0 Å². The van der Waals surface area contributed by atoms with Gasteiger partial charge in [0.1, 0.15) is 11.7 Å². The second kappa shape index (κ2) is 52.3. The minimum atomic E-state index is -4.39. The lowest BCUT2D eigenvalue weighted by Gasteiger charge is -2.22. The van der Waals surface area contributed by atoms with Crippen molar-refractivity contribution in [3.05, 3.63) is 41.0 Å². The van der Waals surface area contributed by atoms with Gasteiger partial charge < -0.3 is 4.79 Å². The first-order valence-corrected chi connectivity index (χ1v) is 34.2. The van der Waals surface area contributed by atoms with Crippen LogP contribution >= 0.6 is 0 Å². The Morgan fingerprint density at radius 1 is 0.288 bits per heavy atom. The van der Waals surface area contributed by atoms with Crippen molar-refractivity contribution in [1.29, 1.82) is 0 Å². The predicted molar refractivity (Wildman–Crippen MR) is 324 cm³/mol. The van der Waals surface area contributed by atoms with Crippen molar-refractivity contribution in [1.82, 2.24) is 0 Å². The number of unbranched alkanes of at least 4 members (excludes halogenated alkanes) is 48. The summed E-state index contributed by atoms with van der Waals surface area (Å²) in [5.41, 5.74) is 3.60. The van der Waals surface area contributed by atoms with Gasteiger partial charge in [0.2, 0.25) is 0 Å². The quantitative estimate of drug-likeness (QED) is 0.0529. The summed E-state index contributed by atoms with van der Waals surface area (Å²) in [7, 11) is -4.39. The molecule has 0 amide bonds. The fourth-order valence-electron chi connectivity index (χ4n) is 11.8. The summed E-state index contributed by atoms with van der Waals surface area (Å²) >= 11 is 0. The molecular weight excluding hydrogens is 913 g/mol. The average molecular weight is 1040 g/mol. The highest BCUT2D eigenvalue weighted by molar-refractivity contribution is 7.86. The standard InChI is InChI=1S/C67H122O3S.CH2O/c1-4-7-10-13-16-19-22-25-28-31-34-37-40-43-46-49-52-57-62-63(58-53-50-47-44-41-38-35-32-29-26-23-20-17-14-11-8-5-2)65(67(71(68,69)70)66-61-56-55-59-64(62)66)60-54-51-48-45-42-39-36-33-30-27-24-21-18-15-12-9-6-3;1-2/h55-56,59,61H,4-54,57-58,60H2,1-3H3,(H,68,69,70);1H2. The lowest BCUT2D eigenvalue weighted by Crippen LogP contribution is -2.12.